The van der Waals surface area contributed by atoms with Crippen molar-refractivity contribution >= 4 is 34.8 Å². The first-order chi connectivity index (χ1) is 11.9. The highest BCUT2D eigenvalue weighted by Gasteiger charge is 2.18. The molecule has 7 heteroatoms. The second-order valence-electron chi connectivity index (χ2n) is 5.20. The fraction of sp³-hybridized carbons (Fsp3) is 0.222. The molecule has 0 radical (unpaired) electrons. The van der Waals surface area contributed by atoms with E-state index in [4.69, 9.17) is 21.1 Å². The molecule has 2 amide bonds. The fourth-order valence-electron chi connectivity index (χ4n) is 2.29. The normalized spacial score (nSPS) is 10.1. The van der Waals surface area contributed by atoms with Gasteiger partial charge in [-0.2, -0.15) is 0 Å². The minimum Gasteiger partial charge on any atom is -0.493 e. The monoisotopic (exact) mass is 362 g/mol. The van der Waals surface area contributed by atoms with Crippen molar-refractivity contribution < 1.29 is 19.1 Å². The number of ether oxygens (including phenoxy) is 2. The predicted octanol–water partition coefficient (Wildman–Crippen LogP) is 3.35. The van der Waals surface area contributed by atoms with Gasteiger partial charge in [-0.3, -0.25) is 9.59 Å². The molecule has 0 spiro atoms. The first kappa shape index (κ1) is 18.6. The highest BCUT2D eigenvalue weighted by atomic mass is 35.5. The van der Waals surface area contributed by atoms with Crippen LogP contribution in [0.3, 0.4) is 0 Å². The molecule has 25 heavy (non-hydrogen) atoms. The largest absolute Gasteiger partial charge is 0.493 e. The van der Waals surface area contributed by atoms with E-state index < -0.39 is 0 Å². The third kappa shape index (κ3) is 4.87. The molecule has 0 fully saturated rings. The van der Waals surface area contributed by atoms with Gasteiger partial charge in [0.25, 0.3) is 0 Å². The van der Waals surface area contributed by atoms with E-state index in [0.29, 0.717) is 27.9 Å². The molecule has 0 aliphatic rings. The van der Waals surface area contributed by atoms with Crippen molar-refractivity contribution in [3.05, 3.63) is 47.5 Å². The number of amides is 2. The topological polar surface area (TPSA) is 67.9 Å². The molecule has 132 valence electrons. The van der Waals surface area contributed by atoms with Crippen molar-refractivity contribution in [3.63, 3.8) is 0 Å². The van der Waals surface area contributed by atoms with E-state index in [2.05, 4.69) is 5.32 Å². The van der Waals surface area contributed by atoms with Gasteiger partial charge in [0.15, 0.2) is 11.5 Å². The van der Waals surface area contributed by atoms with E-state index in [9.17, 15) is 9.59 Å². The van der Waals surface area contributed by atoms with Crippen LogP contribution in [0.2, 0.25) is 5.02 Å². The summed E-state index contributed by atoms with van der Waals surface area (Å²) in [7, 11) is 3.03. The van der Waals surface area contributed by atoms with Crippen molar-refractivity contribution in [3.8, 4) is 11.5 Å². The van der Waals surface area contributed by atoms with Gasteiger partial charge in [0.1, 0.15) is 6.54 Å². The molecule has 0 saturated heterocycles. The second kappa shape index (κ2) is 8.39. The third-order valence-electron chi connectivity index (χ3n) is 3.47. The SMILES string of the molecule is COc1ccc(N(CC(=O)Nc2cccc(Cl)c2)C(C)=O)cc1OC. The Kier molecular flexibility index (Phi) is 6.25. The van der Waals surface area contributed by atoms with Gasteiger partial charge in [-0.25, -0.2) is 0 Å². The molecule has 6 nitrogen and oxygen atoms in total. The van der Waals surface area contributed by atoms with Crippen LogP contribution in [0.4, 0.5) is 11.4 Å². The standard InChI is InChI=1S/C18H19ClN2O4/c1-12(22)21(15-7-8-16(24-2)17(10-15)25-3)11-18(23)20-14-6-4-5-13(19)9-14/h4-10H,11H2,1-3H3,(H,20,23). The van der Waals surface area contributed by atoms with E-state index in [0.717, 1.165) is 0 Å². The van der Waals surface area contributed by atoms with Crippen molar-refractivity contribution in [2.24, 2.45) is 0 Å². The summed E-state index contributed by atoms with van der Waals surface area (Å²) in [6.45, 7) is 1.25. The Hall–Kier alpha value is -2.73. The number of rotatable bonds is 6. The van der Waals surface area contributed by atoms with Gasteiger partial charge in [-0.15, -0.1) is 0 Å². The Morgan fingerprint density at radius 3 is 2.40 bits per heavy atom. The maximum absolute atomic E-state index is 12.3. The average Bonchev–Trinajstić information content (AvgIpc) is 2.58. The molecule has 0 aliphatic carbocycles. The zero-order valence-corrected chi connectivity index (χ0v) is 15.0. The number of carbonyl (C=O) groups excluding carboxylic acids is 2. The Morgan fingerprint density at radius 2 is 1.80 bits per heavy atom. The van der Waals surface area contributed by atoms with Crippen LogP contribution in [0.5, 0.6) is 11.5 Å². The molecule has 0 saturated carbocycles. The van der Waals surface area contributed by atoms with Crippen LogP contribution in [-0.2, 0) is 9.59 Å². The molecule has 1 N–H and O–H groups in total. The number of anilines is 2. The highest BCUT2D eigenvalue weighted by Crippen LogP contribution is 2.31. The summed E-state index contributed by atoms with van der Waals surface area (Å²) in [6, 6.07) is 11.8. The van der Waals surface area contributed by atoms with Gasteiger partial charge in [0.05, 0.1) is 14.2 Å². The van der Waals surface area contributed by atoms with Crippen molar-refractivity contribution in [1.29, 1.82) is 0 Å². The molecule has 2 aromatic carbocycles. The number of carbonyl (C=O) groups is 2. The van der Waals surface area contributed by atoms with Gasteiger partial charge >= 0.3 is 0 Å². The summed E-state index contributed by atoms with van der Waals surface area (Å²) < 4.78 is 10.4. The number of halogens is 1. The van der Waals surface area contributed by atoms with Crippen LogP contribution in [0.15, 0.2) is 42.5 Å². The van der Waals surface area contributed by atoms with Gasteiger partial charge in [-0.05, 0) is 30.3 Å². The summed E-state index contributed by atoms with van der Waals surface area (Å²) in [5, 5.41) is 3.23. The number of nitrogens with one attached hydrogen (secondary N) is 1. The zero-order chi connectivity index (χ0) is 18.4. The van der Waals surface area contributed by atoms with Crippen LogP contribution < -0.4 is 19.7 Å². The maximum atomic E-state index is 12.3. The van der Waals surface area contributed by atoms with Gasteiger partial charge < -0.3 is 19.7 Å². The average molecular weight is 363 g/mol. The smallest absolute Gasteiger partial charge is 0.244 e. The first-order valence-corrected chi connectivity index (χ1v) is 7.88. The van der Waals surface area contributed by atoms with E-state index in [1.54, 1.807) is 42.5 Å². The predicted molar refractivity (Wildman–Crippen MR) is 97.7 cm³/mol. The Bertz CT molecular complexity index is 779. The van der Waals surface area contributed by atoms with Crippen molar-refractivity contribution in [2.75, 3.05) is 31.0 Å². The number of benzene rings is 2. The van der Waals surface area contributed by atoms with E-state index >= 15 is 0 Å². The van der Waals surface area contributed by atoms with Gasteiger partial charge in [-0.1, -0.05) is 17.7 Å². The lowest BCUT2D eigenvalue weighted by Gasteiger charge is -2.22. The lowest BCUT2D eigenvalue weighted by atomic mass is 10.2. The second-order valence-corrected chi connectivity index (χ2v) is 5.64. The summed E-state index contributed by atoms with van der Waals surface area (Å²) in [5.41, 5.74) is 1.10. The van der Waals surface area contributed by atoms with Crippen molar-refractivity contribution in [1.82, 2.24) is 0 Å². The van der Waals surface area contributed by atoms with Gasteiger partial charge in [0, 0.05) is 29.4 Å². The van der Waals surface area contributed by atoms with Crippen LogP contribution in [0, 0.1) is 0 Å². The molecule has 0 bridgehead atoms. The van der Waals surface area contributed by atoms with E-state index in [-0.39, 0.29) is 18.4 Å². The minimum absolute atomic E-state index is 0.142. The fourth-order valence-corrected chi connectivity index (χ4v) is 2.48. The third-order valence-corrected chi connectivity index (χ3v) is 3.70. The summed E-state index contributed by atoms with van der Waals surface area (Å²) in [4.78, 5) is 25.6. The minimum atomic E-state index is -0.341. The molecule has 0 aliphatic heterocycles. The number of hydrogen-bond acceptors (Lipinski definition) is 4. The molecule has 0 unspecified atom stereocenters. The summed E-state index contributed by atoms with van der Waals surface area (Å²) in [5.74, 6) is 0.403. The quantitative estimate of drug-likeness (QED) is 0.855. The molecular weight excluding hydrogens is 344 g/mol. The number of nitrogens with zero attached hydrogens (tertiary/aromatic N) is 1. The molecule has 2 aromatic rings. The lowest BCUT2D eigenvalue weighted by molar-refractivity contribution is -0.120. The van der Waals surface area contributed by atoms with E-state index in [1.807, 2.05) is 0 Å². The van der Waals surface area contributed by atoms with E-state index in [1.165, 1.54) is 26.0 Å². The number of hydrogen-bond donors (Lipinski definition) is 1. The Labute approximate surface area is 151 Å². The summed E-state index contributed by atoms with van der Waals surface area (Å²) in [6.07, 6.45) is 0. The first-order valence-electron chi connectivity index (χ1n) is 7.50. The van der Waals surface area contributed by atoms with Crippen LogP contribution in [-0.4, -0.2) is 32.6 Å². The molecule has 0 aromatic heterocycles. The van der Waals surface area contributed by atoms with Gasteiger partial charge in [0.2, 0.25) is 11.8 Å². The summed E-state index contributed by atoms with van der Waals surface area (Å²) >= 11 is 5.90. The van der Waals surface area contributed by atoms with Crippen LogP contribution in [0.25, 0.3) is 0 Å². The van der Waals surface area contributed by atoms with Crippen LogP contribution in [0.1, 0.15) is 6.92 Å². The maximum Gasteiger partial charge on any atom is 0.244 e. The van der Waals surface area contributed by atoms with Crippen LogP contribution >= 0.6 is 11.6 Å². The molecular formula is C18H19ClN2O4. The van der Waals surface area contributed by atoms with Crippen molar-refractivity contribution in [2.45, 2.75) is 6.92 Å². The Morgan fingerprint density at radius 1 is 1.08 bits per heavy atom. The Balaban J connectivity index is 2.18. The lowest BCUT2D eigenvalue weighted by Crippen LogP contribution is -2.36. The highest BCUT2D eigenvalue weighted by molar-refractivity contribution is 6.30. The molecule has 2 rings (SSSR count). The zero-order valence-electron chi connectivity index (χ0n) is 14.2. The molecule has 0 atom stereocenters. The molecule has 0 heterocycles. The number of methoxy groups -OCH3 is 2.